The van der Waals surface area contributed by atoms with Gasteiger partial charge in [-0.1, -0.05) is 0 Å². The lowest BCUT2D eigenvalue weighted by Gasteiger charge is -2.07. The van der Waals surface area contributed by atoms with Crippen molar-refractivity contribution in [3.63, 3.8) is 0 Å². The molecular formula is C17H13N3O4S. The Morgan fingerprint density at radius 1 is 1.20 bits per heavy atom. The summed E-state index contributed by atoms with van der Waals surface area (Å²) in [6.45, 7) is 1.89. The van der Waals surface area contributed by atoms with Crippen LogP contribution >= 0.6 is 11.3 Å². The predicted octanol–water partition coefficient (Wildman–Crippen LogP) is 4.40. The summed E-state index contributed by atoms with van der Waals surface area (Å²) >= 11 is 1.39. The fraction of sp³-hybridized carbons (Fsp3) is 0.0588. The monoisotopic (exact) mass is 355 g/mol. The summed E-state index contributed by atoms with van der Waals surface area (Å²) < 4.78 is 5.52. The summed E-state index contributed by atoms with van der Waals surface area (Å²) in [6, 6.07) is 11.4. The topological polar surface area (TPSA) is 94.4 Å². The number of carbonyl (C=O) groups is 1. The van der Waals surface area contributed by atoms with Gasteiger partial charge in [0.2, 0.25) is 5.88 Å². The number of hydrogen-bond donors (Lipinski definition) is 1. The number of carbonyl (C=O) groups excluding carboxylic acids is 1. The maximum Gasteiger partial charge on any atom is 0.287 e. The van der Waals surface area contributed by atoms with Crippen molar-refractivity contribution in [2.75, 3.05) is 5.32 Å². The van der Waals surface area contributed by atoms with E-state index in [1.807, 2.05) is 18.4 Å². The van der Waals surface area contributed by atoms with Crippen molar-refractivity contribution < 1.29 is 14.5 Å². The van der Waals surface area contributed by atoms with Crippen LogP contribution in [0.3, 0.4) is 0 Å². The molecule has 1 aromatic carbocycles. The molecule has 0 bridgehead atoms. The Labute approximate surface area is 147 Å². The Kier molecular flexibility index (Phi) is 4.71. The van der Waals surface area contributed by atoms with Crippen molar-refractivity contribution in [3.05, 3.63) is 74.6 Å². The van der Waals surface area contributed by atoms with Gasteiger partial charge < -0.3 is 10.1 Å². The van der Waals surface area contributed by atoms with Crippen LogP contribution in [0, 0.1) is 17.0 Å². The number of aryl methyl sites for hydroxylation is 1. The normalized spacial score (nSPS) is 10.3. The molecule has 0 aliphatic heterocycles. The molecule has 0 spiro atoms. The molecular weight excluding hydrogens is 342 g/mol. The third-order valence-corrected chi connectivity index (χ3v) is 4.35. The highest BCUT2D eigenvalue weighted by Crippen LogP contribution is 2.24. The second-order valence-corrected chi connectivity index (χ2v) is 6.04. The number of aromatic nitrogens is 1. The molecule has 0 radical (unpaired) electrons. The molecule has 0 fully saturated rings. The molecule has 0 saturated heterocycles. The minimum Gasteiger partial charge on any atom is -0.439 e. The maximum absolute atomic E-state index is 12.2. The highest BCUT2D eigenvalue weighted by molar-refractivity contribution is 7.12. The summed E-state index contributed by atoms with van der Waals surface area (Å²) in [5, 5.41) is 15.3. The fourth-order valence-corrected chi connectivity index (χ4v) is 2.88. The lowest BCUT2D eigenvalue weighted by Crippen LogP contribution is -2.11. The van der Waals surface area contributed by atoms with Gasteiger partial charge in [0, 0.05) is 17.8 Å². The van der Waals surface area contributed by atoms with Crippen LogP contribution in [0.1, 0.15) is 15.2 Å². The number of thiophene rings is 1. The van der Waals surface area contributed by atoms with Crippen LogP contribution in [-0.4, -0.2) is 15.8 Å². The Bertz CT molecular complexity index is 904. The first-order valence-corrected chi connectivity index (χ1v) is 8.15. The summed E-state index contributed by atoms with van der Waals surface area (Å²) in [5.74, 6) is 0.599. The number of nitro groups is 1. The Morgan fingerprint density at radius 3 is 2.52 bits per heavy atom. The van der Waals surface area contributed by atoms with Crippen LogP contribution in [0.25, 0.3) is 0 Å². The van der Waals surface area contributed by atoms with Crippen LogP contribution in [0.5, 0.6) is 11.6 Å². The van der Waals surface area contributed by atoms with Gasteiger partial charge in [-0.05, 0) is 48.2 Å². The summed E-state index contributed by atoms with van der Waals surface area (Å²) in [6.07, 6.45) is 1.13. The lowest BCUT2D eigenvalue weighted by molar-refractivity contribution is -0.385. The molecule has 0 aliphatic rings. The average Bonchev–Trinajstić information content (AvgIpc) is 3.03. The maximum atomic E-state index is 12.2. The first kappa shape index (κ1) is 16.6. The van der Waals surface area contributed by atoms with E-state index in [1.54, 1.807) is 24.3 Å². The van der Waals surface area contributed by atoms with E-state index in [1.165, 1.54) is 23.5 Å². The van der Waals surface area contributed by atoms with Gasteiger partial charge in [0.1, 0.15) is 11.9 Å². The molecule has 2 heterocycles. The van der Waals surface area contributed by atoms with Crippen molar-refractivity contribution in [3.8, 4) is 11.6 Å². The molecule has 0 atom stereocenters. The minimum absolute atomic E-state index is 0.103. The smallest absolute Gasteiger partial charge is 0.287 e. The van der Waals surface area contributed by atoms with Gasteiger partial charge in [-0.25, -0.2) is 4.98 Å². The first-order chi connectivity index (χ1) is 12.0. The van der Waals surface area contributed by atoms with E-state index < -0.39 is 4.92 Å². The summed E-state index contributed by atoms with van der Waals surface area (Å²) in [5.41, 5.74) is 1.47. The Morgan fingerprint density at radius 2 is 1.96 bits per heavy atom. The van der Waals surface area contributed by atoms with Crippen LogP contribution < -0.4 is 10.1 Å². The standard InChI is InChI=1S/C17H13N3O4S/c1-11-8-9-25-16(11)17(21)19-12-2-5-14(6-3-12)24-15-7-4-13(10-18-15)20(22)23/h2-10H,1H3,(H,19,21). The number of ether oxygens (including phenoxy) is 1. The summed E-state index contributed by atoms with van der Waals surface area (Å²) in [4.78, 5) is 26.8. The molecule has 8 heteroatoms. The number of anilines is 1. The van der Waals surface area contributed by atoms with Crippen molar-refractivity contribution in [1.82, 2.24) is 4.98 Å². The number of hydrogen-bond acceptors (Lipinski definition) is 6. The van der Waals surface area contributed by atoms with Gasteiger partial charge in [-0.2, -0.15) is 0 Å². The van der Waals surface area contributed by atoms with Crippen LogP contribution in [0.4, 0.5) is 11.4 Å². The molecule has 0 unspecified atom stereocenters. The zero-order valence-electron chi connectivity index (χ0n) is 13.1. The quantitative estimate of drug-likeness (QED) is 0.540. The van der Waals surface area contributed by atoms with Crippen molar-refractivity contribution in [2.45, 2.75) is 6.92 Å². The van der Waals surface area contributed by atoms with Crippen LogP contribution in [0.15, 0.2) is 54.0 Å². The number of nitrogens with zero attached hydrogens (tertiary/aromatic N) is 2. The van der Waals surface area contributed by atoms with Gasteiger partial charge in [0.15, 0.2) is 0 Å². The van der Waals surface area contributed by atoms with E-state index in [0.717, 1.165) is 11.8 Å². The Hall–Kier alpha value is -3.26. The average molecular weight is 355 g/mol. The molecule has 2 aromatic heterocycles. The van der Waals surface area contributed by atoms with Gasteiger partial charge >= 0.3 is 0 Å². The zero-order valence-corrected chi connectivity index (χ0v) is 13.9. The number of pyridine rings is 1. The fourth-order valence-electron chi connectivity index (χ4n) is 2.06. The molecule has 1 N–H and O–H groups in total. The van der Waals surface area contributed by atoms with Crippen molar-refractivity contribution >= 4 is 28.6 Å². The van der Waals surface area contributed by atoms with Gasteiger partial charge in [0.05, 0.1) is 9.80 Å². The molecule has 7 nitrogen and oxygen atoms in total. The molecule has 0 saturated carbocycles. The highest BCUT2D eigenvalue weighted by atomic mass is 32.1. The van der Waals surface area contributed by atoms with E-state index in [-0.39, 0.29) is 17.5 Å². The van der Waals surface area contributed by atoms with Crippen LogP contribution in [0.2, 0.25) is 0 Å². The zero-order chi connectivity index (χ0) is 17.8. The predicted molar refractivity (Wildman–Crippen MR) is 94.4 cm³/mol. The van der Waals surface area contributed by atoms with Crippen molar-refractivity contribution in [2.24, 2.45) is 0 Å². The largest absolute Gasteiger partial charge is 0.439 e. The molecule has 3 aromatic rings. The lowest BCUT2D eigenvalue weighted by atomic mass is 10.2. The second kappa shape index (κ2) is 7.10. The van der Waals surface area contributed by atoms with E-state index in [4.69, 9.17) is 4.74 Å². The Balaban J connectivity index is 1.65. The second-order valence-electron chi connectivity index (χ2n) is 5.13. The highest BCUT2D eigenvalue weighted by Gasteiger charge is 2.11. The summed E-state index contributed by atoms with van der Waals surface area (Å²) in [7, 11) is 0. The van der Waals surface area contributed by atoms with Crippen molar-refractivity contribution in [1.29, 1.82) is 0 Å². The number of benzene rings is 1. The van der Waals surface area contributed by atoms with Gasteiger partial charge in [-0.15, -0.1) is 11.3 Å². The number of nitrogens with one attached hydrogen (secondary N) is 1. The third kappa shape index (κ3) is 3.99. The van der Waals surface area contributed by atoms with E-state index in [2.05, 4.69) is 10.3 Å². The van der Waals surface area contributed by atoms with Gasteiger partial charge in [0.25, 0.3) is 11.6 Å². The van der Waals surface area contributed by atoms with E-state index in [9.17, 15) is 14.9 Å². The SMILES string of the molecule is Cc1ccsc1C(=O)Nc1ccc(Oc2ccc([N+](=O)[O-])cn2)cc1. The van der Waals surface area contributed by atoms with E-state index in [0.29, 0.717) is 16.3 Å². The number of amides is 1. The first-order valence-electron chi connectivity index (χ1n) is 7.27. The number of rotatable bonds is 5. The molecule has 25 heavy (non-hydrogen) atoms. The molecule has 3 rings (SSSR count). The van der Waals surface area contributed by atoms with Crippen LogP contribution in [-0.2, 0) is 0 Å². The minimum atomic E-state index is -0.524. The third-order valence-electron chi connectivity index (χ3n) is 3.33. The van der Waals surface area contributed by atoms with Gasteiger partial charge in [-0.3, -0.25) is 14.9 Å². The molecule has 126 valence electrons. The molecule has 0 aliphatic carbocycles. The van der Waals surface area contributed by atoms with E-state index >= 15 is 0 Å². The molecule has 1 amide bonds.